The van der Waals surface area contributed by atoms with Gasteiger partial charge in [-0.15, -0.1) is 0 Å². The number of phenolic OH excluding ortho intramolecular Hbond substituents is 1. The van der Waals surface area contributed by atoms with Crippen LogP contribution in [0.15, 0.2) is 24.3 Å². The molecule has 0 saturated carbocycles. The topological polar surface area (TPSA) is 60.4 Å². The number of aromatic hydroxyl groups is 1. The van der Waals surface area contributed by atoms with Crippen molar-refractivity contribution in [2.24, 2.45) is 0 Å². The van der Waals surface area contributed by atoms with Crippen molar-refractivity contribution < 1.29 is 44.6 Å². The Morgan fingerprint density at radius 3 is 2.31 bits per heavy atom. The summed E-state index contributed by atoms with van der Waals surface area (Å²) in [5.74, 6) is -0.699. The molecule has 0 aliphatic heterocycles. The summed E-state index contributed by atoms with van der Waals surface area (Å²) in [6.45, 7) is 0. The minimum atomic E-state index is -0.973. The van der Waals surface area contributed by atoms with Crippen LogP contribution in [0.25, 0.3) is 0 Å². The Hall–Kier alpha value is -0.510. The summed E-state index contributed by atoms with van der Waals surface area (Å²) >= 11 is 0. The zero-order chi connectivity index (χ0) is 11.1. The second-order valence-corrected chi connectivity index (χ2v) is 3.60. The van der Waals surface area contributed by atoms with E-state index in [0.717, 1.165) is 19.3 Å². The van der Waals surface area contributed by atoms with Crippen molar-refractivity contribution in [2.45, 2.75) is 32.1 Å². The third kappa shape index (κ3) is 6.88. The molecule has 0 bridgehead atoms. The van der Waals surface area contributed by atoms with Crippen molar-refractivity contribution in [2.75, 3.05) is 0 Å². The van der Waals surface area contributed by atoms with E-state index in [2.05, 4.69) is 0 Å². The Labute approximate surface area is 118 Å². The monoisotopic (exact) mass is 230 g/mol. The van der Waals surface area contributed by atoms with Crippen LogP contribution in [0.5, 0.6) is 5.75 Å². The molecule has 1 aromatic carbocycles. The first-order valence-electron chi connectivity index (χ1n) is 5.16. The maximum Gasteiger partial charge on any atom is 1.00 e. The first-order valence-corrected chi connectivity index (χ1v) is 5.16. The second kappa shape index (κ2) is 8.62. The van der Waals surface area contributed by atoms with Gasteiger partial charge in [0.15, 0.2) is 0 Å². The maximum atomic E-state index is 10.1. The van der Waals surface area contributed by atoms with Crippen molar-refractivity contribution >= 4 is 5.97 Å². The van der Waals surface area contributed by atoms with Crippen LogP contribution >= 0.6 is 0 Å². The van der Waals surface area contributed by atoms with Gasteiger partial charge >= 0.3 is 29.6 Å². The summed E-state index contributed by atoms with van der Waals surface area (Å²) in [5.41, 5.74) is 1.17. The SMILES string of the molecule is O=C([O-])CCCCCc1ccc(O)cc1.[Na+]. The molecule has 0 aliphatic carbocycles. The molecular formula is C12H15NaO3. The number of rotatable bonds is 6. The fraction of sp³-hybridized carbons (Fsp3) is 0.417. The number of hydrogen-bond donors (Lipinski definition) is 1. The predicted molar refractivity (Wildman–Crippen MR) is 55.3 cm³/mol. The van der Waals surface area contributed by atoms with E-state index in [9.17, 15) is 9.90 Å². The number of hydrogen-bond acceptors (Lipinski definition) is 3. The van der Waals surface area contributed by atoms with Crippen molar-refractivity contribution in [1.29, 1.82) is 0 Å². The van der Waals surface area contributed by atoms with Crippen LogP contribution in [0.2, 0.25) is 0 Å². The van der Waals surface area contributed by atoms with Crippen molar-refractivity contribution in [3.05, 3.63) is 29.8 Å². The first kappa shape index (κ1) is 15.5. The van der Waals surface area contributed by atoms with Crippen LogP contribution in [0.4, 0.5) is 0 Å². The van der Waals surface area contributed by atoms with Crippen LogP contribution < -0.4 is 34.7 Å². The molecule has 0 radical (unpaired) electrons. The zero-order valence-electron chi connectivity index (χ0n) is 9.61. The molecule has 0 heterocycles. The molecule has 0 atom stereocenters. The average Bonchev–Trinajstić information content (AvgIpc) is 2.20. The van der Waals surface area contributed by atoms with Gasteiger partial charge in [-0.3, -0.25) is 0 Å². The molecule has 3 nitrogen and oxygen atoms in total. The molecule has 0 spiro atoms. The molecule has 1 aromatic rings. The van der Waals surface area contributed by atoms with Crippen molar-refractivity contribution in [3.63, 3.8) is 0 Å². The smallest absolute Gasteiger partial charge is 0.550 e. The van der Waals surface area contributed by atoms with E-state index in [4.69, 9.17) is 5.11 Å². The second-order valence-electron chi connectivity index (χ2n) is 3.60. The van der Waals surface area contributed by atoms with Crippen LogP contribution in [-0.2, 0) is 11.2 Å². The molecule has 4 heteroatoms. The minimum Gasteiger partial charge on any atom is -0.550 e. The molecule has 1 rings (SSSR count). The number of aryl methyl sites for hydroxylation is 1. The summed E-state index contributed by atoms with van der Waals surface area (Å²) in [5, 5.41) is 19.2. The number of aliphatic carboxylic acids is 1. The molecule has 0 unspecified atom stereocenters. The maximum absolute atomic E-state index is 10.1. The molecule has 0 aromatic heterocycles. The normalized spacial score (nSPS) is 9.50. The van der Waals surface area contributed by atoms with Gasteiger partial charge in [0.2, 0.25) is 0 Å². The van der Waals surface area contributed by atoms with E-state index in [1.807, 2.05) is 12.1 Å². The summed E-state index contributed by atoms with van der Waals surface area (Å²) in [7, 11) is 0. The molecule has 0 saturated heterocycles. The number of unbranched alkanes of at least 4 members (excludes halogenated alkanes) is 2. The fourth-order valence-electron chi connectivity index (χ4n) is 1.44. The molecule has 16 heavy (non-hydrogen) atoms. The van der Waals surface area contributed by atoms with Gasteiger partial charge in [-0.1, -0.05) is 18.6 Å². The summed E-state index contributed by atoms with van der Waals surface area (Å²) in [6.07, 6.45) is 3.62. The third-order valence-electron chi connectivity index (χ3n) is 2.28. The number of carbonyl (C=O) groups excluding carboxylic acids is 1. The van der Waals surface area contributed by atoms with E-state index in [0.29, 0.717) is 6.42 Å². The molecule has 0 aliphatic rings. The first-order chi connectivity index (χ1) is 7.18. The van der Waals surface area contributed by atoms with Crippen LogP contribution in [0.1, 0.15) is 31.2 Å². The Kier molecular flexibility index (Phi) is 8.35. The Balaban J connectivity index is 0.00000225. The van der Waals surface area contributed by atoms with E-state index in [1.54, 1.807) is 12.1 Å². The van der Waals surface area contributed by atoms with Crippen molar-refractivity contribution in [3.8, 4) is 5.75 Å². The molecule has 0 fully saturated rings. The number of carbonyl (C=O) groups is 1. The van der Waals surface area contributed by atoms with E-state index < -0.39 is 5.97 Å². The average molecular weight is 230 g/mol. The van der Waals surface area contributed by atoms with Gasteiger partial charge in [0.1, 0.15) is 5.75 Å². The summed E-state index contributed by atoms with van der Waals surface area (Å²) in [6, 6.07) is 7.09. The predicted octanol–water partition coefficient (Wildman–Crippen LogP) is -1.75. The van der Waals surface area contributed by atoms with E-state index in [-0.39, 0.29) is 41.7 Å². The van der Waals surface area contributed by atoms with Gasteiger partial charge in [-0.2, -0.15) is 0 Å². The largest absolute Gasteiger partial charge is 1.00 e. The third-order valence-corrected chi connectivity index (χ3v) is 2.28. The summed E-state index contributed by atoms with van der Waals surface area (Å²) in [4.78, 5) is 10.1. The van der Waals surface area contributed by atoms with Crippen LogP contribution in [0, 0.1) is 0 Å². The van der Waals surface area contributed by atoms with Gasteiger partial charge in [0.05, 0.1) is 0 Å². The molecule has 0 amide bonds. The van der Waals surface area contributed by atoms with Gasteiger partial charge in [0, 0.05) is 5.97 Å². The Morgan fingerprint density at radius 1 is 1.12 bits per heavy atom. The van der Waals surface area contributed by atoms with E-state index in [1.165, 1.54) is 5.56 Å². The molecular weight excluding hydrogens is 215 g/mol. The van der Waals surface area contributed by atoms with Gasteiger partial charge in [-0.25, -0.2) is 0 Å². The van der Waals surface area contributed by atoms with Crippen molar-refractivity contribution in [1.82, 2.24) is 0 Å². The Bertz CT molecular complexity index is 309. The molecule has 82 valence electrons. The molecule has 1 N–H and O–H groups in total. The van der Waals surface area contributed by atoms with Gasteiger partial charge < -0.3 is 15.0 Å². The Morgan fingerprint density at radius 2 is 1.75 bits per heavy atom. The van der Waals surface area contributed by atoms with Crippen LogP contribution in [-0.4, -0.2) is 11.1 Å². The number of carboxylic acids is 1. The quantitative estimate of drug-likeness (QED) is 0.465. The zero-order valence-corrected chi connectivity index (χ0v) is 11.6. The van der Waals surface area contributed by atoms with Crippen LogP contribution in [0.3, 0.4) is 0 Å². The van der Waals surface area contributed by atoms with E-state index >= 15 is 0 Å². The fourth-order valence-corrected chi connectivity index (χ4v) is 1.44. The number of carboxylic acid groups (broad SMARTS) is 1. The van der Waals surface area contributed by atoms with Gasteiger partial charge in [0.25, 0.3) is 0 Å². The summed E-state index contributed by atoms with van der Waals surface area (Å²) < 4.78 is 0. The number of phenols is 1. The number of benzene rings is 1. The van der Waals surface area contributed by atoms with Gasteiger partial charge in [-0.05, 0) is 43.4 Å². The standard InChI is InChI=1S/C12H16O3.Na/c13-11-8-6-10(7-9-11)4-2-1-3-5-12(14)15;/h6-9,13H,1-5H2,(H,14,15);/q;+1/p-1. The minimum absolute atomic E-state index is 0.